The normalized spacial score (nSPS) is 14.5. The fourth-order valence-electron chi connectivity index (χ4n) is 4.34. The van der Waals surface area contributed by atoms with Gasteiger partial charge in [-0.1, -0.05) is 40.6 Å². The first-order valence-corrected chi connectivity index (χ1v) is 13.3. The van der Waals surface area contributed by atoms with E-state index in [2.05, 4.69) is 18.1 Å². The van der Waals surface area contributed by atoms with Gasteiger partial charge in [0.2, 0.25) is 5.13 Å². The number of hydrogen-bond donors (Lipinski definition) is 1. The molecule has 0 spiro atoms. The van der Waals surface area contributed by atoms with E-state index in [-0.39, 0.29) is 10.9 Å². The van der Waals surface area contributed by atoms with E-state index in [1.807, 2.05) is 57.1 Å². The second-order valence-electron chi connectivity index (χ2n) is 8.72. The molecule has 0 aliphatic carbocycles. The molecular weight excluding hydrogens is 523 g/mol. The molecule has 6 nitrogen and oxygen atoms in total. The van der Waals surface area contributed by atoms with E-state index < -0.39 is 5.97 Å². The average molecular weight is 546 g/mol. The van der Waals surface area contributed by atoms with Crippen molar-refractivity contribution in [1.29, 1.82) is 0 Å². The molecule has 0 bridgehead atoms. The Kier molecular flexibility index (Phi) is 6.12. The van der Waals surface area contributed by atoms with Crippen LogP contribution in [0.3, 0.4) is 0 Å². The molecule has 1 unspecified atom stereocenters. The van der Waals surface area contributed by atoms with Gasteiger partial charge >= 0.3 is 5.97 Å². The lowest BCUT2D eigenvalue weighted by atomic mass is 10.00. The van der Waals surface area contributed by atoms with Crippen LogP contribution in [0.4, 0.5) is 5.69 Å². The molecule has 0 amide bonds. The van der Waals surface area contributed by atoms with Crippen molar-refractivity contribution in [3.8, 4) is 27.5 Å². The zero-order valence-electron chi connectivity index (χ0n) is 19.7. The third kappa shape index (κ3) is 4.12. The summed E-state index contributed by atoms with van der Waals surface area (Å²) in [4.78, 5) is 19.4. The third-order valence-corrected chi connectivity index (χ3v) is 9.07. The molecule has 1 atom stereocenters. The van der Waals surface area contributed by atoms with E-state index >= 15 is 0 Å². The first-order valence-electron chi connectivity index (χ1n) is 10.8. The number of nitrogens with zero attached hydrogens (tertiary/aromatic N) is 4. The maximum atomic E-state index is 12.6. The van der Waals surface area contributed by atoms with Crippen LogP contribution in [-0.2, 0) is 0 Å². The summed E-state index contributed by atoms with van der Waals surface area (Å²) >= 11 is 15.7. The molecule has 0 fully saturated rings. The second kappa shape index (κ2) is 8.85. The van der Waals surface area contributed by atoms with Crippen molar-refractivity contribution in [2.24, 2.45) is 0 Å². The number of anilines is 1. The molecule has 0 radical (unpaired) electrons. The van der Waals surface area contributed by atoms with Gasteiger partial charge in [0.15, 0.2) is 5.69 Å². The summed E-state index contributed by atoms with van der Waals surface area (Å²) in [6.45, 7) is 5.94. The predicted molar refractivity (Wildman–Crippen MR) is 145 cm³/mol. The van der Waals surface area contributed by atoms with Gasteiger partial charge < -0.3 is 10.0 Å². The molecule has 1 N–H and O–H groups in total. The highest BCUT2D eigenvalue weighted by Crippen LogP contribution is 2.53. The van der Waals surface area contributed by atoms with Crippen LogP contribution < -0.4 is 4.90 Å². The van der Waals surface area contributed by atoms with Crippen LogP contribution in [0.25, 0.3) is 27.5 Å². The van der Waals surface area contributed by atoms with E-state index in [9.17, 15) is 9.90 Å². The van der Waals surface area contributed by atoms with Crippen LogP contribution >= 0.6 is 46.3 Å². The highest BCUT2D eigenvalue weighted by atomic mass is 35.5. The van der Waals surface area contributed by atoms with Gasteiger partial charge in [0, 0.05) is 36.2 Å². The van der Waals surface area contributed by atoms with Gasteiger partial charge in [0.1, 0.15) is 0 Å². The minimum Gasteiger partial charge on any atom is -0.476 e. The molecule has 0 saturated carbocycles. The number of hydrogen-bond acceptors (Lipinski definition) is 6. The number of thioether (sulfide) groups is 1. The van der Waals surface area contributed by atoms with Crippen molar-refractivity contribution < 1.29 is 9.90 Å². The third-order valence-electron chi connectivity index (χ3n) is 5.97. The molecule has 4 aromatic rings. The molecule has 0 saturated heterocycles. The summed E-state index contributed by atoms with van der Waals surface area (Å²) in [6.07, 6.45) is 0. The quantitative estimate of drug-likeness (QED) is 0.286. The summed E-state index contributed by atoms with van der Waals surface area (Å²) in [5.41, 5.74) is 6.90. The monoisotopic (exact) mass is 544 g/mol. The van der Waals surface area contributed by atoms with Crippen LogP contribution in [0.2, 0.25) is 10.0 Å². The average Bonchev–Trinajstić information content (AvgIpc) is 3.35. The summed E-state index contributed by atoms with van der Waals surface area (Å²) in [5, 5.41) is 16.5. The number of carbonyl (C=O) groups is 1. The number of carboxylic acids is 1. The Bertz CT molecular complexity index is 1510. The van der Waals surface area contributed by atoms with Gasteiger partial charge in [-0.25, -0.2) is 9.78 Å². The molecule has 180 valence electrons. The van der Waals surface area contributed by atoms with Crippen LogP contribution in [0.5, 0.6) is 0 Å². The van der Waals surface area contributed by atoms with E-state index in [0.29, 0.717) is 26.4 Å². The van der Waals surface area contributed by atoms with Gasteiger partial charge in [-0.2, -0.15) is 9.78 Å². The lowest BCUT2D eigenvalue weighted by molar-refractivity contribution is 0.0688. The zero-order valence-corrected chi connectivity index (χ0v) is 22.8. The van der Waals surface area contributed by atoms with Crippen LogP contribution in [0.1, 0.15) is 39.5 Å². The number of rotatable bonds is 4. The Labute approximate surface area is 221 Å². The lowest BCUT2D eigenvalue weighted by Gasteiger charge is -2.21. The Morgan fingerprint density at radius 2 is 1.83 bits per heavy atom. The summed E-state index contributed by atoms with van der Waals surface area (Å²) in [6, 6.07) is 9.76. The summed E-state index contributed by atoms with van der Waals surface area (Å²) < 4.78 is 2.45. The van der Waals surface area contributed by atoms with Crippen molar-refractivity contribution >= 4 is 58.0 Å². The molecule has 35 heavy (non-hydrogen) atoms. The highest BCUT2D eigenvalue weighted by molar-refractivity contribution is 8.01. The molecule has 1 aliphatic rings. The second-order valence-corrected chi connectivity index (χ2v) is 12.1. The number of aromatic carboxylic acids is 1. The van der Waals surface area contributed by atoms with E-state index in [1.54, 1.807) is 11.8 Å². The first-order chi connectivity index (χ1) is 16.5. The van der Waals surface area contributed by atoms with Gasteiger partial charge in [-0.15, -0.1) is 11.8 Å². The topological polar surface area (TPSA) is 71.2 Å². The first kappa shape index (κ1) is 24.2. The van der Waals surface area contributed by atoms with Crippen molar-refractivity contribution in [1.82, 2.24) is 14.8 Å². The maximum Gasteiger partial charge on any atom is 0.355 e. The van der Waals surface area contributed by atoms with Crippen LogP contribution in [-0.4, -0.2) is 39.9 Å². The molecule has 2 aromatic carbocycles. The molecule has 1 aliphatic heterocycles. The number of benzene rings is 2. The van der Waals surface area contributed by atoms with Crippen LogP contribution in [0, 0.1) is 13.8 Å². The SMILES string of the molecule is Cc1cc(-c2c(C)nn(-c3nc4c(s3)SC(C)c3cc(Cl)c(Cl)cc3-4)c2C(=O)O)cc(N(C)C)c1. The number of aryl methyl sites for hydroxylation is 2. The van der Waals surface area contributed by atoms with E-state index in [4.69, 9.17) is 28.2 Å². The number of thiazole rings is 1. The Morgan fingerprint density at radius 3 is 2.51 bits per heavy atom. The maximum absolute atomic E-state index is 12.6. The Hall–Kier alpha value is -2.52. The zero-order chi connectivity index (χ0) is 25.2. The molecular formula is C25H22Cl2N4O2S2. The van der Waals surface area contributed by atoms with E-state index in [0.717, 1.165) is 37.8 Å². The summed E-state index contributed by atoms with van der Waals surface area (Å²) in [7, 11) is 3.92. The fourth-order valence-corrected chi connectivity index (χ4v) is 7.21. The van der Waals surface area contributed by atoms with Gasteiger partial charge in [-0.3, -0.25) is 0 Å². The van der Waals surface area contributed by atoms with Crippen molar-refractivity contribution in [3.05, 3.63) is 62.9 Å². The molecule has 5 rings (SSSR count). The molecule has 2 aromatic heterocycles. The van der Waals surface area contributed by atoms with Crippen molar-refractivity contribution in [2.75, 3.05) is 19.0 Å². The number of carboxylic acid groups (broad SMARTS) is 1. The van der Waals surface area contributed by atoms with Crippen molar-refractivity contribution in [3.63, 3.8) is 0 Å². The smallest absolute Gasteiger partial charge is 0.355 e. The van der Waals surface area contributed by atoms with Crippen molar-refractivity contribution in [2.45, 2.75) is 30.2 Å². The lowest BCUT2D eigenvalue weighted by Crippen LogP contribution is -2.10. The fraction of sp³-hybridized carbons (Fsp3) is 0.240. The molecule has 10 heteroatoms. The van der Waals surface area contributed by atoms with Gasteiger partial charge in [0.05, 0.1) is 25.6 Å². The van der Waals surface area contributed by atoms with Gasteiger partial charge in [-0.05, 0) is 61.7 Å². The highest BCUT2D eigenvalue weighted by Gasteiger charge is 2.31. The summed E-state index contributed by atoms with van der Waals surface area (Å²) in [5.74, 6) is -1.06. The standard InChI is InChI=1S/C25H22Cl2N4O2S2/c1-11-6-14(8-15(7-11)30(4)5)20-12(2)29-31(22(20)23(32)33)25-28-21-17-10-19(27)18(26)9-16(17)13(3)34-24(21)35-25/h6-10,13H,1-5H3,(H,32,33). The number of halogens is 2. The number of fused-ring (bicyclic) bond motifs is 3. The molecule has 3 heterocycles. The predicted octanol–water partition coefficient (Wildman–Crippen LogP) is 7.52. The van der Waals surface area contributed by atoms with Crippen LogP contribution in [0.15, 0.2) is 34.5 Å². The Balaban J connectivity index is 1.70. The van der Waals surface area contributed by atoms with Gasteiger partial charge in [0.25, 0.3) is 0 Å². The minimum absolute atomic E-state index is 0.0938. The minimum atomic E-state index is -1.06. The Morgan fingerprint density at radius 1 is 1.11 bits per heavy atom. The number of aromatic nitrogens is 3. The van der Waals surface area contributed by atoms with E-state index in [1.165, 1.54) is 16.0 Å². The largest absolute Gasteiger partial charge is 0.476 e.